The van der Waals surface area contributed by atoms with Crippen LogP contribution in [0.2, 0.25) is 0 Å². The van der Waals surface area contributed by atoms with Gasteiger partial charge >= 0.3 is 0 Å². The van der Waals surface area contributed by atoms with Gasteiger partial charge in [0.25, 0.3) is 0 Å². The summed E-state index contributed by atoms with van der Waals surface area (Å²) in [5, 5.41) is 32.8. The van der Waals surface area contributed by atoms with Crippen LogP contribution in [-0.2, 0) is 19.5 Å². The normalized spacial score (nSPS) is 19.0. The second kappa shape index (κ2) is 65.8. The number of rotatable bonds is 29. The predicted molar refractivity (Wildman–Crippen MR) is 642 cm³/mol. The first-order chi connectivity index (χ1) is 69.0. The molecule has 147 heavy (non-hydrogen) atoms. The van der Waals surface area contributed by atoms with Crippen LogP contribution < -0.4 is 62.2 Å². The Bertz CT molecular complexity index is 4200. The second-order valence-electron chi connectivity index (χ2n) is 53.9. The number of hydrogen-bond donors (Lipinski definition) is 9. The molecule has 14 rings (SSSR count). The fourth-order valence-electron chi connectivity index (χ4n) is 22.0. The maximum Gasteiger partial charge on any atom is 0.123 e. The van der Waals surface area contributed by atoms with Gasteiger partial charge in [0.15, 0.2) is 0 Å². The van der Waals surface area contributed by atoms with E-state index in [1.165, 1.54) is 252 Å². The van der Waals surface area contributed by atoms with Crippen molar-refractivity contribution in [1.82, 2.24) is 72.4 Å². The molecule has 6 aromatic rings. The fourth-order valence-corrected chi connectivity index (χ4v) is 22.0. The van der Waals surface area contributed by atoms with Gasteiger partial charge in [-0.05, 0) is 417 Å². The molecule has 6 aliphatic heterocycles. The van der Waals surface area contributed by atoms with E-state index in [0.29, 0.717) is 71.3 Å². The first-order valence-electron chi connectivity index (χ1n) is 58.8. The molecule has 0 bridgehead atoms. The average Bonchev–Trinajstić information content (AvgIpc) is 1.78. The van der Waals surface area contributed by atoms with Crippen LogP contribution >= 0.6 is 0 Å². The van der Waals surface area contributed by atoms with Gasteiger partial charge in [-0.25, -0.2) is 0 Å². The number of hydrogen-bond acceptors (Lipinski definition) is 17. The van der Waals surface area contributed by atoms with E-state index in [9.17, 15) is 0 Å². The summed E-state index contributed by atoms with van der Waals surface area (Å²) in [6, 6.07) is 64.9. The van der Waals surface area contributed by atoms with Crippen LogP contribution in [0.5, 0.6) is 11.5 Å². The Hall–Kier alpha value is -5.84. The number of piperidine rings is 5. The molecule has 6 heterocycles. The standard InChI is InChI=1S/C23H32N2.C18H31N3.C18H28N2O.C18H30N2.C17H28N2O.C12H27N.C10H21N.C8H17N.C6H15N/c1-23(2,3)24-21-14-16-25(17-15-21)18-22(19-10-6-4-7-11-19)20-12-8-5-9-13-20;1-18(2,3)19-16-10-12-21(13-11-16)14-15-6-8-17(9-7-15)20(4)5;1-18(2,3)19-15-8-10-20(11-9-15)13-16-12-14-6-4-5-7-17(14)21-16;1-15(16-8-6-5-7-9-16)14-20-12-10-17(11-13-20)19-18(2,3)4;1-17(2,3)18-15-9-11-19(12-10-15)13-14-5-7-16(20-4)8-6-14;1-10(2)8-7-9-11(3)13-12(4,5)6;1-10(2,3)11-9-7-5-4-6-8-9;1-7(2)9-8-5-3-4-6-8;1-5-7-6(2,3)4/h4-13,21-22,24H,14-18H2,1-3H3;6-9,16,19H,10-14H2,1-5H3;4-7,15-16,19H,8-13H2,1-3H3;5-9,15,17,19H,10-14H2,1-4H3;5-8,15,18H,9-13H2,1-4H3;10-11,13H,7-9H2,1-6H3;9,11H,4-8H2,1-3H3;7-9H,3-6H2,1-2H3;7H,5H2,1-4H3. The molecule has 17 heteroatoms. The quantitative estimate of drug-likeness (QED) is 0.0219. The maximum atomic E-state index is 6.06. The zero-order valence-corrected chi connectivity index (χ0v) is 101. The summed E-state index contributed by atoms with van der Waals surface area (Å²) >= 11 is 0. The highest BCUT2D eigenvalue weighted by atomic mass is 16.5. The third-order valence-electron chi connectivity index (χ3n) is 28.4. The summed E-state index contributed by atoms with van der Waals surface area (Å²) in [7, 11) is 5.88. The number of ether oxygens (including phenoxy) is 2. The number of methoxy groups -OCH3 is 1. The smallest absolute Gasteiger partial charge is 0.123 e. The van der Waals surface area contributed by atoms with E-state index < -0.39 is 0 Å². The van der Waals surface area contributed by atoms with Crippen molar-refractivity contribution in [3.63, 3.8) is 0 Å². The average molecular weight is 2030 g/mol. The van der Waals surface area contributed by atoms with Gasteiger partial charge in [-0.1, -0.05) is 220 Å². The van der Waals surface area contributed by atoms with Crippen LogP contribution in [0.1, 0.15) is 401 Å². The number of benzene rings is 6. The second-order valence-corrected chi connectivity index (χ2v) is 53.9. The summed E-state index contributed by atoms with van der Waals surface area (Å²) in [5.74, 6) is 3.95. The molecule has 2 saturated carbocycles. The Balaban J connectivity index is 0.000000258. The SMILES string of the molecule is CC(C)(C)NC1CCCCC1.CC(C)(C)NC1CCN(CC(c2ccccc2)c2ccccc2)CC1.CC(C)(C)NC1CCN(CC2Cc3ccccc3O2)CC1.CC(C)CCCC(C)NC(C)(C)C.CC(C)NC1CCCC1.CC(CN1CCC(NC(C)(C)C)CC1)c1ccccc1.CCNC(C)(C)C.CN(C)c1ccc(CN2CCC(NC(C)(C)C)CC2)cc1.COc1ccc(CN2CCC(NC(C)(C)C)CC2)cc1. The molecule has 3 unspecified atom stereocenters. The number of anilines is 1. The van der Waals surface area contributed by atoms with Crippen molar-refractivity contribution < 1.29 is 9.47 Å². The summed E-state index contributed by atoms with van der Waals surface area (Å²) < 4.78 is 11.3. The molecule has 6 aromatic carbocycles. The molecule has 17 nitrogen and oxygen atoms in total. The topological polar surface area (TPSA) is 146 Å². The Kier molecular flexibility index (Phi) is 58.1. The van der Waals surface area contributed by atoms with Gasteiger partial charge in [0.1, 0.15) is 17.6 Å². The van der Waals surface area contributed by atoms with Crippen LogP contribution in [0, 0.1) is 5.92 Å². The van der Waals surface area contributed by atoms with Crippen molar-refractivity contribution in [2.24, 2.45) is 5.92 Å². The first-order valence-corrected chi connectivity index (χ1v) is 58.8. The molecule has 0 radical (unpaired) electrons. The highest BCUT2D eigenvalue weighted by Gasteiger charge is 2.33. The molecule has 3 atom stereocenters. The number of nitrogens with one attached hydrogen (secondary N) is 9. The van der Waals surface area contributed by atoms with Crippen molar-refractivity contribution in [2.75, 3.05) is 118 Å². The molecule has 0 aromatic heterocycles. The molecular formula is C130H229N15O2. The summed E-state index contributed by atoms with van der Waals surface area (Å²) in [6.45, 7) is 88.0. The molecular weight excluding hydrogens is 1800 g/mol. The monoisotopic (exact) mass is 2030 g/mol. The number of para-hydroxylation sites is 1. The minimum atomic E-state index is 0.212. The molecule has 836 valence electrons. The van der Waals surface area contributed by atoms with E-state index in [4.69, 9.17) is 9.47 Å². The van der Waals surface area contributed by atoms with E-state index in [2.05, 4.69) is 458 Å². The molecule has 0 spiro atoms. The zero-order chi connectivity index (χ0) is 109. The molecule has 8 aliphatic rings. The highest BCUT2D eigenvalue weighted by Crippen LogP contribution is 2.33. The fraction of sp³-hybridized carbons (Fsp3) is 0.723. The Morgan fingerprint density at radius 2 is 0.694 bits per heavy atom. The maximum absolute atomic E-state index is 6.06. The van der Waals surface area contributed by atoms with Crippen molar-refractivity contribution in [3.8, 4) is 11.5 Å². The minimum absolute atomic E-state index is 0.212. The molecule has 2 aliphatic carbocycles. The lowest BCUT2D eigenvalue weighted by atomic mass is 9.90. The zero-order valence-electron chi connectivity index (χ0n) is 101. The van der Waals surface area contributed by atoms with Gasteiger partial charge in [-0.3, -0.25) is 14.7 Å². The van der Waals surface area contributed by atoms with Crippen LogP contribution in [0.3, 0.4) is 0 Å². The third kappa shape index (κ3) is 61.2. The summed E-state index contributed by atoms with van der Waals surface area (Å²) in [5.41, 5.74) is 11.7. The molecule has 9 N–H and O–H groups in total. The van der Waals surface area contributed by atoms with Crippen molar-refractivity contribution in [3.05, 3.63) is 197 Å². The predicted octanol–water partition coefficient (Wildman–Crippen LogP) is 26.9. The first kappa shape index (κ1) is 130. The lowest BCUT2D eigenvalue weighted by Gasteiger charge is -2.37. The van der Waals surface area contributed by atoms with Crippen molar-refractivity contribution in [2.45, 2.75) is 492 Å². The van der Waals surface area contributed by atoms with Crippen LogP contribution in [-0.4, -0.2) is 242 Å². The van der Waals surface area contributed by atoms with Gasteiger partial charge in [-0.15, -0.1) is 0 Å². The van der Waals surface area contributed by atoms with Crippen LogP contribution in [0.25, 0.3) is 0 Å². The molecule has 0 amide bonds. The Labute approximate surface area is 906 Å². The van der Waals surface area contributed by atoms with Gasteiger partial charge in [0, 0.05) is 164 Å². The van der Waals surface area contributed by atoms with Crippen molar-refractivity contribution in [1.29, 1.82) is 0 Å². The van der Waals surface area contributed by atoms with E-state index in [0.717, 1.165) is 68.6 Å². The Morgan fingerprint density at radius 3 is 1.03 bits per heavy atom. The minimum Gasteiger partial charge on any atom is -0.497 e. The van der Waals surface area contributed by atoms with Crippen molar-refractivity contribution >= 4 is 5.69 Å². The van der Waals surface area contributed by atoms with Gasteiger partial charge < -0.3 is 72.0 Å². The third-order valence-corrected chi connectivity index (χ3v) is 28.4. The lowest BCUT2D eigenvalue weighted by molar-refractivity contribution is 0.118. The van der Waals surface area contributed by atoms with Gasteiger partial charge in [0.05, 0.1) is 7.11 Å². The van der Waals surface area contributed by atoms with E-state index >= 15 is 0 Å². The number of fused-ring (bicyclic) bond motifs is 1. The lowest BCUT2D eigenvalue weighted by Crippen LogP contribution is -2.50. The highest BCUT2D eigenvalue weighted by molar-refractivity contribution is 5.46. The van der Waals surface area contributed by atoms with E-state index in [1.807, 2.05) is 12.1 Å². The van der Waals surface area contributed by atoms with Gasteiger partial charge in [-0.2, -0.15) is 0 Å². The Morgan fingerprint density at radius 1 is 0.354 bits per heavy atom. The number of likely N-dealkylation sites (tertiary alicyclic amines) is 5. The molecule has 5 saturated heterocycles. The van der Waals surface area contributed by atoms with E-state index in [1.54, 1.807) is 7.11 Å². The van der Waals surface area contributed by atoms with Crippen LogP contribution in [0.4, 0.5) is 5.69 Å². The largest absolute Gasteiger partial charge is 0.497 e. The van der Waals surface area contributed by atoms with Gasteiger partial charge in [0.2, 0.25) is 0 Å². The molecule has 7 fully saturated rings. The number of nitrogens with zero attached hydrogens (tertiary/aromatic N) is 6. The summed E-state index contributed by atoms with van der Waals surface area (Å²) in [4.78, 5) is 15.1. The van der Waals surface area contributed by atoms with Crippen LogP contribution in [0.15, 0.2) is 164 Å². The summed E-state index contributed by atoms with van der Waals surface area (Å²) in [6.07, 6.45) is 30.7. The van der Waals surface area contributed by atoms with E-state index in [-0.39, 0.29) is 33.2 Å².